The number of nitro groups is 1. The van der Waals surface area contributed by atoms with Gasteiger partial charge in [-0.15, -0.1) is 0 Å². The number of likely N-dealkylation sites (tertiary alicyclic amines) is 1. The molecule has 0 spiro atoms. The third-order valence-electron chi connectivity index (χ3n) is 3.94. The zero-order valence-corrected chi connectivity index (χ0v) is 11.6. The molecule has 0 radical (unpaired) electrons. The van der Waals surface area contributed by atoms with Crippen LogP contribution in [0.15, 0.2) is 12.1 Å². The van der Waals surface area contributed by atoms with E-state index in [2.05, 4.69) is 6.92 Å². The van der Waals surface area contributed by atoms with E-state index in [1.54, 1.807) is 0 Å². The molecule has 0 atom stereocenters. The Morgan fingerprint density at radius 3 is 2.43 bits per heavy atom. The van der Waals surface area contributed by atoms with Crippen LogP contribution in [-0.4, -0.2) is 28.8 Å². The molecule has 0 unspecified atom stereocenters. The summed E-state index contributed by atoms with van der Waals surface area (Å²) in [5, 5.41) is 10.9. The molecule has 0 aliphatic carbocycles. The van der Waals surface area contributed by atoms with Crippen LogP contribution >= 0.6 is 0 Å². The van der Waals surface area contributed by atoms with Crippen LogP contribution in [0.25, 0.3) is 0 Å². The largest absolute Gasteiger partial charge is 0.338 e. The average Bonchev–Trinajstić information content (AvgIpc) is 2.48. The Bertz CT molecular complexity index is 570. The van der Waals surface area contributed by atoms with E-state index >= 15 is 0 Å². The summed E-state index contributed by atoms with van der Waals surface area (Å²) in [4.78, 5) is 23.8. The molecule has 7 heteroatoms. The number of nitro benzene ring substituents is 1. The Labute approximate surface area is 120 Å². The number of hydrogen-bond acceptors (Lipinski definition) is 3. The van der Waals surface area contributed by atoms with Crippen LogP contribution in [0.3, 0.4) is 0 Å². The van der Waals surface area contributed by atoms with Gasteiger partial charge in [-0.05, 0) is 24.8 Å². The molecular weight excluding hydrogens is 282 g/mol. The summed E-state index contributed by atoms with van der Waals surface area (Å²) in [6.45, 7) is 3.03. The number of hydrogen-bond donors (Lipinski definition) is 0. The fraction of sp³-hybridized carbons (Fsp3) is 0.500. The van der Waals surface area contributed by atoms with E-state index in [0.29, 0.717) is 31.1 Å². The second kappa shape index (κ2) is 6.15. The van der Waals surface area contributed by atoms with Gasteiger partial charge in [0.15, 0.2) is 11.6 Å². The number of carbonyl (C=O) groups is 1. The van der Waals surface area contributed by atoms with Crippen molar-refractivity contribution in [1.82, 2.24) is 4.90 Å². The zero-order chi connectivity index (χ0) is 15.6. The zero-order valence-electron chi connectivity index (χ0n) is 11.6. The number of rotatable bonds is 3. The van der Waals surface area contributed by atoms with E-state index in [1.165, 1.54) is 4.90 Å². The molecular formula is C14H16F2N2O3. The highest BCUT2D eigenvalue weighted by atomic mass is 19.2. The van der Waals surface area contributed by atoms with E-state index < -0.39 is 33.7 Å². The van der Waals surface area contributed by atoms with Gasteiger partial charge in [-0.3, -0.25) is 14.9 Å². The molecule has 21 heavy (non-hydrogen) atoms. The highest BCUT2D eigenvalue weighted by Crippen LogP contribution is 2.26. The van der Waals surface area contributed by atoms with Crippen molar-refractivity contribution in [2.24, 2.45) is 5.92 Å². The van der Waals surface area contributed by atoms with Gasteiger partial charge in [0, 0.05) is 13.1 Å². The smallest absolute Gasteiger partial charge is 0.285 e. The molecule has 1 saturated heterocycles. The highest BCUT2D eigenvalue weighted by Gasteiger charge is 2.29. The molecule has 0 saturated carbocycles. The number of benzene rings is 1. The molecule has 0 N–H and O–H groups in total. The maximum Gasteiger partial charge on any atom is 0.285 e. The van der Waals surface area contributed by atoms with Gasteiger partial charge in [-0.2, -0.15) is 0 Å². The van der Waals surface area contributed by atoms with Gasteiger partial charge in [-0.25, -0.2) is 8.78 Å². The molecule has 0 bridgehead atoms. The molecule has 1 aliphatic heterocycles. The van der Waals surface area contributed by atoms with Gasteiger partial charge in [0.25, 0.3) is 11.6 Å². The second-order valence-corrected chi connectivity index (χ2v) is 5.18. The third kappa shape index (κ3) is 3.17. The fourth-order valence-electron chi connectivity index (χ4n) is 2.57. The molecule has 1 heterocycles. The monoisotopic (exact) mass is 298 g/mol. The predicted molar refractivity (Wildman–Crippen MR) is 71.9 cm³/mol. The van der Waals surface area contributed by atoms with E-state index in [4.69, 9.17) is 0 Å². The van der Waals surface area contributed by atoms with Crippen LogP contribution in [0.5, 0.6) is 0 Å². The van der Waals surface area contributed by atoms with Gasteiger partial charge in [0.05, 0.1) is 11.0 Å². The first-order valence-electron chi connectivity index (χ1n) is 6.86. The molecule has 114 valence electrons. The molecule has 1 fully saturated rings. The number of nitrogens with zero attached hydrogens (tertiary/aromatic N) is 2. The minimum absolute atomic E-state index is 0.395. The van der Waals surface area contributed by atoms with Crippen LogP contribution in [0.2, 0.25) is 0 Å². The van der Waals surface area contributed by atoms with E-state index in [1.807, 2.05) is 0 Å². The molecule has 1 aromatic rings. The van der Waals surface area contributed by atoms with Gasteiger partial charge >= 0.3 is 0 Å². The Balaban J connectivity index is 2.27. The number of halogens is 2. The quantitative estimate of drug-likeness (QED) is 0.636. The summed E-state index contributed by atoms with van der Waals surface area (Å²) < 4.78 is 26.4. The van der Waals surface area contributed by atoms with E-state index in [0.717, 1.165) is 19.3 Å². The standard InChI is InChI=1S/C14H16F2N2O3/c1-2-9-3-5-17(6-4-9)14(19)10-7-11(15)12(16)8-13(10)18(20)21/h7-9H,2-6H2,1H3. The lowest BCUT2D eigenvalue weighted by molar-refractivity contribution is -0.385. The van der Waals surface area contributed by atoms with Crippen molar-refractivity contribution in [1.29, 1.82) is 0 Å². The Morgan fingerprint density at radius 1 is 1.33 bits per heavy atom. The fourth-order valence-corrected chi connectivity index (χ4v) is 2.57. The molecule has 1 aliphatic rings. The lowest BCUT2D eigenvalue weighted by Gasteiger charge is -2.31. The van der Waals surface area contributed by atoms with Crippen molar-refractivity contribution in [3.63, 3.8) is 0 Å². The number of piperidine rings is 1. The third-order valence-corrected chi connectivity index (χ3v) is 3.94. The van der Waals surface area contributed by atoms with E-state index in [-0.39, 0.29) is 0 Å². The average molecular weight is 298 g/mol. The molecule has 5 nitrogen and oxygen atoms in total. The van der Waals surface area contributed by atoms with Crippen molar-refractivity contribution in [2.45, 2.75) is 26.2 Å². The second-order valence-electron chi connectivity index (χ2n) is 5.18. The summed E-state index contributed by atoms with van der Waals surface area (Å²) in [5.74, 6) is -2.67. The summed E-state index contributed by atoms with van der Waals surface area (Å²) in [7, 11) is 0. The van der Waals surface area contributed by atoms with Crippen LogP contribution in [-0.2, 0) is 0 Å². The lowest BCUT2D eigenvalue weighted by Crippen LogP contribution is -2.38. The SMILES string of the molecule is CCC1CCN(C(=O)c2cc(F)c(F)cc2[N+](=O)[O-])CC1. The van der Waals surface area contributed by atoms with Crippen LogP contribution < -0.4 is 0 Å². The van der Waals surface area contributed by atoms with Crippen molar-refractivity contribution >= 4 is 11.6 Å². The minimum Gasteiger partial charge on any atom is -0.338 e. The number of amides is 1. The maximum atomic E-state index is 13.3. The summed E-state index contributed by atoms with van der Waals surface area (Å²) >= 11 is 0. The number of carbonyl (C=O) groups excluding carboxylic acids is 1. The first kappa shape index (κ1) is 15.3. The molecule has 2 rings (SSSR count). The van der Waals surface area contributed by atoms with Gasteiger partial charge < -0.3 is 4.90 Å². The van der Waals surface area contributed by atoms with Crippen molar-refractivity contribution in [3.05, 3.63) is 39.4 Å². The summed E-state index contributed by atoms with van der Waals surface area (Å²) in [6.07, 6.45) is 2.66. The van der Waals surface area contributed by atoms with E-state index in [9.17, 15) is 23.7 Å². The van der Waals surface area contributed by atoms with Crippen LogP contribution in [0, 0.1) is 27.7 Å². The topological polar surface area (TPSA) is 63.5 Å². The van der Waals surface area contributed by atoms with Crippen molar-refractivity contribution in [3.8, 4) is 0 Å². The Kier molecular flexibility index (Phi) is 4.50. The lowest BCUT2D eigenvalue weighted by atomic mass is 9.94. The highest BCUT2D eigenvalue weighted by molar-refractivity contribution is 5.98. The Hall–Kier alpha value is -2.05. The first-order chi connectivity index (χ1) is 9.93. The molecule has 1 aromatic carbocycles. The summed E-state index contributed by atoms with van der Waals surface area (Å²) in [6, 6.07) is 1.07. The van der Waals surface area contributed by atoms with Gasteiger partial charge in [0.2, 0.25) is 0 Å². The Morgan fingerprint density at radius 2 is 1.90 bits per heavy atom. The normalized spacial score (nSPS) is 16.0. The maximum absolute atomic E-state index is 13.3. The van der Waals surface area contributed by atoms with Crippen LogP contribution in [0.4, 0.5) is 14.5 Å². The first-order valence-corrected chi connectivity index (χ1v) is 6.86. The molecule has 0 aromatic heterocycles. The molecule has 1 amide bonds. The van der Waals surface area contributed by atoms with Crippen LogP contribution in [0.1, 0.15) is 36.5 Å². The summed E-state index contributed by atoms with van der Waals surface area (Å²) in [5.41, 5.74) is -1.09. The van der Waals surface area contributed by atoms with Crippen molar-refractivity contribution in [2.75, 3.05) is 13.1 Å². The van der Waals surface area contributed by atoms with Gasteiger partial charge in [0.1, 0.15) is 5.56 Å². The predicted octanol–water partition coefficient (Wildman–Crippen LogP) is 3.14. The van der Waals surface area contributed by atoms with Crippen molar-refractivity contribution < 1.29 is 18.5 Å². The van der Waals surface area contributed by atoms with Gasteiger partial charge in [-0.1, -0.05) is 13.3 Å². The minimum atomic E-state index is -1.33.